The van der Waals surface area contributed by atoms with E-state index < -0.39 is 24.8 Å². The Labute approximate surface area is 90.5 Å². The number of carbonyl (C=O) groups excluding carboxylic acids is 1. The molecule has 0 bridgehead atoms. The standard InChI is InChI=1S/C10H11F3N2O/c1-6-4-7(9(14)15-5-6)8(16)2-3-10(11,12)13/h4-5H,2-3H2,1H3,(H2,14,15). The van der Waals surface area contributed by atoms with Crippen LogP contribution in [0.25, 0.3) is 0 Å². The number of rotatable bonds is 3. The molecule has 0 spiro atoms. The number of aryl methyl sites for hydroxylation is 1. The molecule has 0 radical (unpaired) electrons. The van der Waals surface area contributed by atoms with Gasteiger partial charge < -0.3 is 5.73 Å². The zero-order valence-corrected chi connectivity index (χ0v) is 8.64. The summed E-state index contributed by atoms with van der Waals surface area (Å²) in [6.07, 6.45) is -4.62. The SMILES string of the molecule is Cc1cnc(N)c(C(=O)CCC(F)(F)F)c1. The number of anilines is 1. The lowest BCUT2D eigenvalue weighted by Crippen LogP contribution is -2.12. The van der Waals surface area contributed by atoms with E-state index in [4.69, 9.17) is 5.73 Å². The van der Waals surface area contributed by atoms with Gasteiger partial charge in [-0.15, -0.1) is 0 Å². The Bertz CT molecular complexity index is 402. The summed E-state index contributed by atoms with van der Waals surface area (Å²) in [5, 5.41) is 0. The second-order valence-electron chi connectivity index (χ2n) is 3.48. The third-order valence-electron chi connectivity index (χ3n) is 1.99. The van der Waals surface area contributed by atoms with Gasteiger partial charge in [0.1, 0.15) is 5.82 Å². The second-order valence-corrected chi connectivity index (χ2v) is 3.48. The average molecular weight is 232 g/mol. The minimum Gasteiger partial charge on any atom is -0.383 e. The van der Waals surface area contributed by atoms with Crippen LogP contribution in [0.4, 0.5) is 19.0 Å². The summed E-state index contributed by atoms with van der Waals surface area (Å²) < 4.78 is 35.7. The van der Waals surface area contributed by atoms with Crippen molar-refractivity contribution in [2.75, 3.05) is 5.73 Å². The third-order valence-corrected chi connectivity index (χ3v) is 1.99. The maximum Gasteiger partial charge on any atom is 0.389 e. The lowest BCUT2D eigenvalue weighted by Gasteiger charge is -2.07. The molecule has 1 aromatic heterocycles. The first kappa shape index (κ1) is 12.5. The van der Waals surface area contributed by atoms with Crippen molar-refractivity contribution in [3.63, 3.8) is 0 Å². The van der Waals surface area contributed by atoms with E-state index >= 15 is 0 Å². The molecule has 0 amide bonds. The number of ketones is 1. The van der Waals surface area contributed by atoms with Crippen LogP contribution in [0.2, 0.25) is 0 Å². The van der Waals surface area contributed by atoms with Crippen LogP contribution in [0.5, 0.6) is 0 Å². The van der Waals surface area contributed by atoms with Crippen molar-refractivity contribution >= 4 is 11.6 Å². The van der Waals surface area contributed by atoms with Crippen LogP contribution in [0.1, 0.15) is 28.8 Å². The van der Waals surface area contributed by atoms with Crippen molar-refractivity contribution in [2.24, 2.45) is 0 Å². The first-order valence-electron chi connectivity index (χ1n) is 4.61. The van der Waals surface area contributed by atoms with Gasteiger partial charge in [-0.05, 0) is 18.6 Å². The highest BCUT2D eigenvalue weighted by molar-refractivity contribution is 6.00. The van der Waals surface area contributed by atoms with Gasteiger partial charge in [-0.3, -0.25) is 4.79 Å². The second kappa shape index (κ2) is 4.51. The number of aromatic nitrogens is 1. The average Bonchev–Trinajstić information content (AvgIpc) is 2.17. The van der Waals surface area contributed by atoms with Gasteiger partial charge in [-0.1, -0.05) is 0 Å². The van der Waals surface area contributed by atoms with Crippen LogP contribution in [0.15, 0.2) is 12.3 Å². The maximum atomic E-state index is 11.9. The first-order chi connectivity index (χ1) is 7.29. The smallest absolute Gasteiger partial charge is 0.383 e. The molecule has 0 aliphatic carbocycles. The van der Waals surface area contributed by atoms with E-state index in [9.17, 15) is 18.0 Å². The van der Waals surface area contributed by atoms with Gasteiger partial charge in [0, 0.05) is 12.6 Å². The number of nitrogen functional groups attached to an aromatic ring is 1. The molecule has 6 heteroatoms. The molecule has 2 N–H and O–H groups in total. The number of nitrogens with two attached hydrogens (primary N) is 1. The van der Waals surface area contributed by atoms with Crippen molar-refractivity contribution in [1.82, 2.24) is 4.98 Å². The van der Waals surface area contributed by atoms with Crippen LogP contribution < -0.4 is 5.73 Å². The zero-order valence-electron chi connectivity index (χ0n) is 8.64. The van der Waals surface area contributed by atoms with Crippen molar-refractivity contribution in [3.8, 4) is 0 Å². The van der Waals surface area contributed by atoms with E-state index in [1.165, 1.54) is 12.3 Å². The van der Waals surface area contributed by atoms with Crippen molar-refractivity contribution in [3.05, 3.63) is 23.4 Å². The van der Waals surface area contributed by atoms with Crippen molar-refractivity contribution in [2.45, 2.75) is 25.9 Å². The molecule has 0 aliphatic heterocycles. The first-order valence-corrected chi connectivity index (χ1v) is 4.61. The molecular formula is C10H11F3N2O. The molecule has 0 saturated carbocycles. The summed E-state index contributed by atoms with van der Waals surface area (Å²) >= 11 is 0. The molecule has 0 saturated heterocycles. The number of carbonyl (C=O) groups is 1. The molecule has 0 aromatic carbocycles. The minimum absolute atomic E-state index is 0.0298. The molecule has 1 heterocycles. The molecule has 0 atom stereocenters. The van der Waals surface area contributed by atoms with Gasteiger partial charge in [0.2, 0.25) is 0 Å². The van der Waals surface area contributed by atoms with E-state index in [0.717, 1.165) is 0 Å². The Morgan fingerprint density at radius 3 is 2.69 bits per heavy atom. The normalized spacial score (nSPS) is 11.5. The molecule has 3 nitrogen and oxygen atoms in total. The molecular weight excluding hydrogens is 221 g/mol. The van der Waals surface area contributed by atoms with Gasteiger partial charge in [-0.25, -0.2) is 4.98 Å². The van der Waals surface area contributed by atoms with Crippen LogP contribution in [-0.2, 0) is 0 Å². The molecule has 0 aliphatic rings. The summed E-state index contributed by atoms with van der Waals surface area (Å²) in [7, 11) is 0. The Kier molecular flexibility index (Phi) is 3.51. The minimum atomic E-state index is -4.33. The predicted octanol–water partition coefficient (Wildman–Crippen LogP) is 2.50. The van der Waals surface area contributed by atoms with Gasteiger partial charge in [0.15, 0.2) is 5.78 Å². The van der Waals surface area contributed by atoms with E-state index in [1.807, 2.05) is 0 Å². The van der Waals surface area contributed by atoms with Crippen LogP contribution in [0.3, 0.4) is 0 Å². The number of halogens is 3. The number of pyridine rings is 1. The van der Waals surface area contributed by atoms with Crippen molar-refractivity contribution < 1.29 is 18.0 Å². The lowest BCUT2D eigenvalue weighted by molar-refractivity contribution is -0.133. The quantitative estimate of drug-likeness (QED) is 0.814. The van der Waals surface area contributed by atoms with E-state index in [1.54, 1.807) is 6.92 Å². The molecule has 1 aromatic rings. The molecule has 16 heavy (non-hydrogen) atoms. The van der Waals surface area contributed by atoms with Gasteiger partial charge in [0.25, 0.3) is 0 Å². The highest BCUT2D eigenvalue weighted by Gasteiger charge is 2.28. The third kappa shape index (κ3) is 3.52. The molecule has 1 rings (SSSR count). The fourth-order valence-corrected chi connectivity index (χ4v) is 1.19. The van der Waals surface area contributed by atoms with E-state index in [0.29, 0.717) is 5.56 Å². The van der Waals surface area contributed by atoms with Gasteiger partial charge in [0.05, 0.1) is 12.0 Å². The van der Waals surface area contributed by atoms with Crippen LogP contribution in [-0.4, -0.2) is 16.9 Å². The number of hydrogen-bond acceptors (Lipinski definition) is 3. The van der Waals surface area contributed by atoms with Crippen LogP contribution in [0, 0.1) is 6.92 Å². The zero-order chi connectivity index (χ0) is 12.3. The molecule has 0 unspecified atom stereocenters. The summed E-state index contributed by atoms with van der Waals surface area (Å²) in [6, 6.07) is 1.45. The lowest BCUT2D eigenvalue weighted by atomic mass is 10.1. The highest BCUT2D eigenvalue weighted by atomic mass is 19.4. The molecule has 88 valence electrons. The largest absolute Gasteiger partial charge is 0.389 e. The number of alkyl halides is 3. The van der Waals surface area contributed by atoms with Gasteiger partial charge in [-0.2, -0.15) is 13.2 Å². The summed E-state index contributed by atoms with van der Waals surface area (Å²) in [4.78, 5) is 15.2. The Morgan fingerprint density at radius 2 is 2.12 bits per heavy atom. The monoisotopic (exact) mass is 232 g/mol. The van der Waals surface area contributed by atoms with Gasteiger partial charge >= 0.3 is 6.18 Å². The Morgan fingerprint density at radius 1 is 1.50 bits per heavy atom. The van der Waals surface area contributed by atoms with E-state index in [-0.39, 0.29) is 11.4 Å². The van der Waals surface area contributed by atoms with Crippen LogP contribution >= 0.6 is 0 Å². The summed E-state index contributed by atoms with van der Waals surface area (Å²) in [5.74, 6) is -0.663. The van der Waals surface area contributed by atoms with Crippen molar-refractivity contribution in [1.29, 1.82) is 0 Å². The number of hydrogen-bond donors (Lipinski definition) is 1. The predicted molar refractivity (Wildman–Crippen MR) is 53.0 cm³/mol. The molecule has 0 fully saturated rings. The Hall–Kier alpha value is -1.59. The van der Waals surface area contributed by atoms with E-state index in [2.05, 4.69) is 4.98 Å². The highest BCUT2D eigenvalue weighted by Crippen LogP contribution is 2.23. The maximum absolute atomic E-state index is 11.9. The summed E-state index contributed by atoms with van der Waals surface area (Å²) in [6.45, 7) is 1.69. The number of Topliss-reactive ketones (excluding diaryl/α,β-unsaturated/α-hetero) is 1. The topological polar surface area (TPSA) is 56.0 Å². The number of nitrogens with zero attached hydrogens (tertiary/aromatic N) is 1. The fraction of sp³-hybridized carbons (Fsp3) is 0.400. The Balaban J connectivity index is 2.77. The fourth-order valence-electron chi connectivity index (χ4n) is 1.19. The summed E-state index contributed by atoms with van der Waals surface area (Å²) in [5.41, 5.74) is 6.16.